The van der Waals surface area contributed by atoms with Crippen LogP contribution in [0, 0.1) is 0 Å². The monoisotopic (exact) mass is 291 g/mol. The molecule has 1 saturated heterocycles. The summed E-state index contributed by atoms with van der Waals surface area (Å²) in [6.07, 6.45) is 3.00. The fourth-order valence-corrected chi connectivity index (χ4v) is 3.09. The Morgan fingerprint density at radius 1 is 1.29 bits per heavy atom. The number of imidazole rings is 1. The van der Waals surface area contributed by atoms with E-state index in [2.05, 4.69) is 10.3 Å². The van der Waals surface area contributed by atoms with Gasteiger partial charge in [0, 0.05) is 33.1 Å². The van der Waals surface area contributed by atoms with E-state index in [9.17, 15) is 9.59 Å². The van der Waals surface area contributed by atoms with Crippen LogP contribution < -0.4 is 16.6 Å². The minimum absolute atomic E-state index is 0.265. The molecular weight excluding hydrogens is 270 g/mol. The molecule has 3 heterocycles. The van der Waals surface area contributed by atoms with Crippen LogP contribution in [0.4, 0.5) is 0 Å². The van der Waals surface area contributed by atoms with Crippen LogP contribution in [-0.2, 0) is 27.1 Å². The van der Waals surface area contributed by atoms with E-state index in [4.69, 9.17) is 0 Å². The van der Waals surface area contributed by atoms with Crippen LogP contribution in [-0.4, -0.2) is 31.3 Å². The van der Waals surface area contributed by atoms with Crippen LogP contribution in [0.5, 0.6) is 0 Å². The lowest BCUT2D eigenvalue weighted by Gasteiger charge is -2.14. The Kier molecular flexibility index (Phi) is 3.44. The van der Waals surface area contributed by atoms with E-state index >= 15 is 0 Å². The Morgan fingerprint density at radius 2 is 2.05 bits per heavy atom. The number of fused-ring (bicyclic) bond motifs is 1. The first-order valence-corrected chi connectivity index (χ1v) is 7.43. The summed E-state index contributed by atoms with van der Waals surface area (Å²) < 4.78 is 4.59. The van der Waals surface area contributed by atoms with E-state index in [0.717, 1.165) is 42.7 Å². The van der Waals surface area contributed by atoms with Crippen molar-refractivity contribution in [2.24, 2.45) is 14.1 Å². The number of hydrogen-bond acceptors (Lipinski definition) is 4. The normalized spacial score (nSPS) is 18.7. The zero-order valence-corrected chi connectivity index (χ0v) is 12.7. The van der Waals surface area contributed by atoms with Gasteiger partial charge in [-0.05, 0) is 19.4 Å². The first-order valence-electron chi connectivity index (χ1n) is 7.43. The van der Waals surface area contributed by atoms with Crippen molar-refractivity contribution >= 4 is 11.2 Å². The second-order valence-corrected chi connectivity index (χ2v) is 5.66. The number of nitrogens with zero attached hydrogens (tertiary/aromatic N) is 4. The third-order valence-corrected chi connectivity index (χ3v) is 4.31. The highest BCUT2D eigenvalue weighted by Crippen LogP contribution is 2.15. The van der Waals surface area contributed by atoms with Gasteiger partial charge in [-0.2, -0.15) is 0 Å². The molecule has 21 heavy (non-hydrogen) atoms. The van der Waals surface area contributed by atoms with Crippen molar-refractivity contribution in [3.63, 3.8) is 0 Å². The topological polar surface area (TPSA) is 73.8 Å². The Hall–Kier alpha value is -1.89. The average molecular weight is 291 g/mol. The van der Waals surface area contributed by atoms with Crippen LogP contribution in [0.25, 0.3) is 11.2 Å². The summed E-state index contributed by atoms with van der Waals surface area (Å²) in [5.74, 6) is 0.858. The molecule has 1 aliphatic heterocycles. The zero-order valence-electron chi connectivity index (χ0n) is 12.7. The molecule has 0 spiro atoms. The van der Waals surface area contributed by atoms with Crippen molar-refractivity contribution in [2.45, 2.75) is 38.8 Å². The average Bonchev–Trinajstić information content (AvgIpc) is 3.11. The Morgan fingerprint density at radius 3 is 2.67 bits per heavy atom. The van der Waals surface area contributed by atoms with Crippen LogP contribution in [0.2, 0.25) is 0 Å². The van der Waals surface area contributed by atoms with Gasteiger partial charge in [0.2, 0.25) is 0 Å². The summed E-state index contributed by atoms with van der Waals surface area (Å²) in [5.41, 5.74) is 0.417. The van der Waals surface area contributed by atoms with Crippen molar-refractivity contribution < 1.29 is 0 Å². The molecular formula is C14H21N5O2. The predicted molar refractivity (Wildman–Crippen MR) is 80.6 cm³/mol. The molecule has 0 aliphatic carbocycles. The van der Waals surface area contributed by atoms with Crippen LogP contribution in [0.15, 0.2) is 9.59 Å². The Balaban J connectivity index is 2.26. The third-order valence-electron chi connectivity index (χ3n) is 4.31. The standard InChI is InChI=1S/C14H21N5O2/c1-4-10-16-12-11(13(20)18(3)14(21)17(12)2)19(10)8-9-6-5-7-15-9/h9,15H,4-8H2,1-3H3. The minimum atomic E-state index is -0.334. The van der Waals surface area contributed by atoms with Crippen molar-refractivity contribution in [1.82, 2.24) is 24.0 Å². The Labute approximate surface area is 122 Å². The van der Waals surface area contributed by atoms with Crippen molar-refractivity contribution in [3.05, 3.63) is 26.7 Å². The molecule has 0 bridgehead atoms. The van der Waals surface area contributed by atoms with Gasteiger partial charge in [0.05, 0.1) is 0 Å². The van der Waals surface area contributed by atoms with Crippen molar-refractivity contribution in [3.8, 4) is 0 Å². The van der Waals surface area contributed by atoms with Gasteiger partial charge in [0.25, 0.3) is 5.56 Å². The molecule has 1 N–H and O–H groups in total. The van der Waals surface area contributed by atoms with Crippen LogP contribution >= 0.6 is 0 Å². The molecule has 1 unspecified atom stereocenters. The SMILES string of the molecule is CCc1nc2c(c(=O)n(C)c(=O)n2C)n1CC1CCCN1. The van der Waals surface area contributed by atoms with Gasteiger partial charge in [0.15, 0.2) is 11.2 Å². The van der Waals surface area contributed by atoms with Crippen LogP contribution in [0.1, 0.15) is 25.6 Å². The highest BCUT2D eigenvalue weighted by Gasteiger charge is 2.22. The fraction of sp³-hybridized carbons (Fsp3) is 0.643. The lowest BCUT2D eigenvalue weighted by Crippen LogP contribution is -2.38. The van der Waals surface area contributed by atoms with E-state index in [-0.39, 0.29) is 11.2 Å². The highest BCUT2D eigenvalue weighted by atomic mass is 16.2. The highest BCUT2D eigenvalue weighted by molar-refractivity contribution is 5.71. The number of hydrogen-bond donors (Lipinski definition) is 1. The molecule has 0 aromatic carbocycles. The Bertz CT molecular complexity index is 792. The van der Waals surface area contributed by atoms with Gasteiger partial charge in [0.1, 0.15) is 5.82 Å². The van der Waals surface area contributed by atoms with E-state index < -0.39 is 0 Å². The molecule has 2 aromatic heterocycles. The number of nitrogens with one attached hydrogen (secondary N) is 1. The van der Waals surface area contributed by atoms with Crippen molar-refractivity contribution in [1.29, 1.82) is 0 Å². The summed E-state index contributed by atoms with van der Waals surface area (Å²) in [5, 5.41) is 3.44. The molecule has 1 aliphatic rings. The largest absolute Gasteiger partial charge is 0.332 e. The fourth-order valence-electron chi connectivity index (χ4n) is 3.09. The summed E-state index contributed by atoms with van der Waals surface area (Å²) in [4.78, 5) is 29.0. The maximum absolute atomic E-state index is 12.5. The van der Waals surface area contributed by atoms with Gasteiger partial charge in [-0.3, -0.25) is 13.9 Å². The first-order chi connectivity index (χ1) is 10.0. The lowest BCUT2D eigenvalue weighted by atomic mass is 10.2. The molecule has 0 amide bonds. The molecule has 0 saturated carbocycles. The quantitative estimate of drug-likeness (QED) is 0.846. The molecule has 3 rings (SSSR count). The van der Waals surface area contributed by atoms with E-state index in [1.54, 1.807) is 7.05 Å². The number of aryl methyl sites for hydroxylation is 2. The summed E-state index contributed by atoms with van der Waals surface area (Å²) in [6, 6.07) is 0.370. The number of aromatic nitrogens is 4. The maximum atomic E-state index is 12.5. The van der Waals surface area contributed by atoms with Gasteiger partial charge in [-0.15, -0.1) is 0 Å². The van der Waals surface area contributed by atoms with Crippen molar-refractivity contribution in [2.75, 3.05) is 6.54 Å². The molecule has 2 aromatic rings. The van der Waals surface area contributed by atoms with E-state index in [0.29, 0.717) is 17.2 Å². The minimum Gasteiger partial charge on any atom is -0.321 e. The predicted octanol–water partition coefficient (Wildman–Crippen LogP) is -0.252. The first kappa shape index (κ1) is 14.1. The van der Waals surface area contributed by atoms with Gasteiger partial charge in [-0.1, -0.05) is 6.92 Å². The second-order valence-electron chi connectivity index (χ2n) is 5.66. The molecule has 0 radical (unpaired) electrons. The summed E-state index contributed by atoms with van der Waals surface area (Å²) in [7, 11) is 3.18. The van der Waals surface area contributed by atoms with E-state index in [1.165, 1.54) is 11.6 Å². The third kappa shape index (κ3) is 2.12. The number of rotatable bonds is 3. The molecule has 1 atom stereocenters. The van der Waals surface area contributed by atoms with Gasteiger partial charge in [-0.25, -0.2) is 9.78 Å². The van der Waals surface area contributed by atoms with Gasteiger partial charge < -0.3 is 9.88 Å². The molecule has 7 nitrogen and oxygen atoms in total. The summed E-state index contributed by atoms with van der Waals surface area (Å²) >= 11 is 0. The maximum Gasteiger partial charge on any atom is 0.332 e. The molecule has 1 fully saturated rings. The van der Waals surface area contributed by atoms with E-state index in [1.807, 2.05) is 11.5 Å². The van der Waals surface area contributed by atoms with Crippen LogP contribution in [0.3, 0.4) is 0 Å². The second kappa shape index (κ2) is 5.14. The molecule has 7 heteroatoms. The smallest absolute Gasteiger partial charge is 0.321 e. The lowest BCUT2D eigenvalue weighted by molar-refractivity contribution is 0.504. The van der Waals surface area contributed by atoms with Gasteiger partial charge >= 0.3 is 5.69 Å². The summed E-state index contributed by atoms with van der Waals surface area (Å²) in [6.45, 7) is 3.77. The molecule has 114 valence electrons. The zero-order chi connectivity index (χ0) is 15.1.